The zero-order chi connectivity index (χ0) is 17.7. The highest BCUT2D eigenvalue weighted by atomic mass is 16.5. The Hall–Kier alpha value is -1.40. The summed E-state index contributed by atoms with van der Waals surface area (Å²) < 4.78 is 11.0. The third kappa shape index (κ3) is 4.61. The van der Waals surface area contributed by atoms with Gasteiger partial charge >= 0.3 is 0 Å². The molecule has 2 aliphatic rings. The maximum atomic E-state index is 12.9. The van der Waals surface area contributed by atoms with Gasteiger partial charge in [-0.3, -0.25) is 4.79 Å². The molecule has 140 valence electrons. The second-order valence-corrected chi connectivity index (χ2v) is 7.92. The summed E-state index contributed by atoms with van der Waals surface area (Å²) in [7, 11) is 0. The average Bonchev–Trinajstić information content (AvgIpc) is 3.26. The lowest BCUT2D eigenvalue weighted by Gasteiger charge is -2.35. The zero-order valence-electron chi connectivity index (χ0n) is 15.5. The Kier molecular flexibility index (Phi) is 6.12. The Morgan fingerprint density at radius 1 is 1.44 bits per heavy atom. The Bertz CT molecular complexity index is 558. The molecule has 0 spiro atoms. The van der Waals surface area contributed by atoms with Gasteiger partial charge in [-0.2, -0.15) is 0 Å². The van der Waals surface area contributed by atoms with Crippen LogP contribution >= 0.6 is 0 Å². The number of hydrogen-bond acceptors (Lipinski definition) is 5. The van der Waals surface area contributed by atoms with Crippen LogP contribution in [0.1, 0.15) is 56.9 Å². The normalized spacial score (nSPS) is 23.1. The first-order valence-corrected chi connectivity index (χ1v) is 9.61. The molecule has 0 bridgehead atoms. The summed E-state index contributed by atoms with van der Waals surface area (Å²) in [6, 6.07) is 2.03. The molecule has 2 aliphatic heterocycles. The third-order valence-electron chi connectivity index (χ3n) is 5.49. The fourth-order valence-corrected chi connectivity index (χ4v) is 3.76. The van der Waals surface area contributed by atoms with Gasteiger partial charge in [0.05, 0.1) is 17.7 Å². The molecule has 6 nitrogen and oxygen atoms in total. The number of carbonyl (C=O) groups is 1. The smallest absolute Gasteiger partial charge is 0.226 e. The van der Waals surface area contributed by atoms with Crippen LogP contribution in [0.25, 0.3) is 0 Å². The number of nitrogens with one attached hydrogen (secondary N) is 2. The minimum atomic E-state index is -0.384. The van der Waals surface area contributed by atoms with E-state index in [2.05, 4.69) is 29.6 Å². The number of amides is 1. The zero-order valence-corrected chi connectivity index (χ0v) is 15.5. The van der Waals surface area contributed by atoms with E-state index in [-0.39, 0.29) is 11.3 Å². The number of hydrogen-bond donors (Lipinski definition) is 2. The van der Waals surface area contributed by atoms with Gasteiger partial charge in [-0.05, 0) is 44.7 Å². The molecule has 2 fully saturated rings. The molecular weight excluding hydrogens is 318 g/mol. The number of piperidine rings is 1. The second kappa shape index (κ2) is 8.32. The van der Waals surface area contributed by atoms with Crippen molar-refractivity contribution in [2.45, 2.75) is 51.9 Å². The largest absolute Gasteiger partial charge is 0.381 e. The van der Waals surface area contributed by atoms with Crippen molar-refractivity contribution in [3.63, 3.8) is 0 Å². The molecule has 25 heavy (non-hydrogen) atoms. The minimum absolute atomic E-state index is 0.164. The topological polar surface area (TPSA) is 76.4 Å². The fourth-order valence-electron chi connectivity index (χ4n) is 3.76. The van der Waals surface area contributed by atoms with Gasteiger partial charge in [0.1, 0.15) is 5.76 Å². The van der Waals surface area contributed by atoms with Crippen LogP contribution in [-0.2, 0) is 16.0 Å². The van der Waals surface area contributed by atoms with Gasteiger partial charge in [-0.25, -0.2) is 0 Å². The van der Waals surface area contributed by atoms with Gasteiger partial charge < -0.3 is 19.9 Å². The highest BCUT2D eigenvalue weighted by Gasteiger charge is 2.40. The Morgan fingerprint density at radius 3 is 2.92 bits per heavy atom. The summed E-state index contributed by atoms with van der Waals surface area (Å²) >= 11 is 0. The van der Waals surface area contributed by atoms with E-state index in [1.54, 1.807) is 0 Å². The first-order chi connectivity index (χ1) is 12.1. The molecular formula is C19H31N3O3. The lowest BCUT2D eigenvalue weighted by Crippen LogP contribution is -2.49. The molecule has 1 unspecified atom stereocenters. The second-order valence-electron chi connectivity index (χ2n) is 7.92. The summed E-state index contributed by atoms with van der Waals surface area (Å²) in [6.07, 6.45) is 4.31. The molecule has 2 saturated heterocycles. The summed E-state index contributed by atoms with van der Waals surface area (Å²) in [5, 5.41) is 10.8. The van der Waals surface area contributed by atoms with Gasteiger partial charge in [0.2, 0.25) is 5.91 Å². The van der Waals surface area contributed by atoms with Gasteiger partial charge in [0, 0.05) is 31.6 Å². The molecule has 1 atom stereocenters. The van der Waals surface area contributed by atoms with Crippen molar-refractivity contribution >= 4 is 5.91 Å². The van der Waals surface area contributed by atoms with E-state index in [4.69, 9.17) is 9.26 Å². The van der Waals surface area contributed by atoms with E-state index >= 15 is 0 Å². The average molecular weight is 349 g/mol. The van der Waals surface area contributed by atoms with Crippen LogP contribution in [0.3, 0.4) is 0 Å². The SMILES string of the molecule is CC(C)CCNC(=O)C1(Cc2cc(C3CCOC3)no2)CCNCC1. The fraction of sp³-hybridized carbons (Fsp3) is 0.789. The molecule has 0 aromatic carbocycles. The first kappa shape index (κ1) is 18.4. The van der Waals surface area contributed by atoms with Crippen molar-refractivity contribution in [2.24, 2.45) is 11.3 Å². The van der Waals surface area contributed by atoms with Crippen LogP contribution in [-0.4, -0.2) is 43.9 Å². The van der Waals surface area contributed by atoms with Crippen molar-refractivity contribution in [2.75, 3.05) is 32.8 Å². The van der Waals surface area contributed by atoms with Crippen molar-refractivity contribution in [1.29, 1.82) is 0 Å². The molecule has 0 aliphatic carbocycles. The molecule has 1 aromatic heterocycles. The predicted molar refractivity (Wildman–Crippen MR) is 95.4 cm³/mol. The van der Waals surface area contributed by atoms with E-state index in [9.17, 15) is 4.79 Å². The number of nitrogens with zero attached hydrogens (tertiary/aromatic N) is 1. The Morgan fingerprint density at radius 2 is 2.24 bits per heavy atom. The van der Waals surface area contributed by atoms with E-state index in [0.29, 0.717) is 18.3 Å². The highest BCUT2D eigenvalue weighted by molar-refractivity contribution is 5.83. The molecule has 1 aromatic rings. The van der Waals surface area contributed by atoms with Crippen LogP contribution in [0, 0.1) is 11.3 Å². The quantitative estimate of drug-likeness (QED) is 0.790. The van der Waals surface area contributed by atoms with Crippen molar-refractivity contribution in [1.82, 2.24) is 15.8 Å². The molecule has 0 saturated carbocycles. The monoisotopic (exact) mass is 349 g/mol. The summed E-state index contributed by atoms with van der Waals surface area (Å²) in [5.41, 5.74) is 0.586. The van der Waals surface area contributed by atoms with Crippen LogP contribution in [0.2, 0.25) is 0 Å². The van der Waals surface area contributed by atoms with Crippen molar-refractivity contribution < 1.29 is 14.1 Å². The van der Waals surface area contributed by atoms with Crippen LogP contribution in [0.4, 0.5) is 0 Å². The lowest BCUT2D eigenvalue weighted by atomic mass is 9.74. The first-order valence-electron chi connectivity index (χ1n) is 9.61. The van der Waals surface area contributed by atoms with Crippen molar-refractivity contribution in [3.05, 3.63) is 17.5 Å². The number of carbonyl (C=O) groups excluding carboxylic acids is 1. The van der Waals surface area contributed by atoms with E-state index in [1.807, 2.05) is 6.07 Å². The predicted octanol–water partition coefficient (Wildman–Crippen LogP) is 2.25. The standard InChI is InChI=1S/C19H31N3O3/c1-14(2)3-7-21-18(23)19(5-8-20-9-6-19)12-16-11-17(22-25-16)15-4-10-24-13-15/h11,14-15,20H,3-10,12-13H2,1-2H3,(H,21,23). The number of rotatable bonds is 7. The Balaban J connectivity index is 1.66. The summed E-state index contributed by atoms with van der Waals surface area (Å²) in [4.78, 5) is 12.9. The van der Waals surface area contributed by atoms with Crippen LogP contribution in [0.15, 0.2) is 10.6 Å². The molecule has 1 amide bonds. The number of aromatic nitrogens is 1. The van der Waals surface area contributed by atoms with E-state index in [1.165, 1.54) is 0 Å². The minimum Gasteiger partial charge on any atom is -0.381 e. The summed E-state index contributed by atoms with van der Waals surface area (Å²) in [6.45, 7) is 8.35. The van der Waals surface area contributed by atoms with E-state index in [0.717, 1.165) is 70.0 Å². The van der Waals surface area contributed by atoms with Gasteiger partial charge in [0.25, 0.3) is 0 Å². The molecule has 3 rings (SSSR count). The lowest BCUT2D eigenvalue weighted by molar-refractivity contribution is -0.132. The van der Waals surface area contributed by atoms with Crippen LogP contribution in [0.5, 0.6) is 0 Å². The maximum absolute atomic E-state index is 12.9. The van der Waals surface area contributed by atoms with Crippen LogP contribution < -0.4 is 10.6 Å². The van der Waals surface area contributed by atoms with Gasteiger partial charge in [-0.15, -0.1) is 0 Å². The van der Waals surface area contributed by atoms with Gasteiger partial charge in [0.15, 0.2) is 0 Å². The Labute approximate surface area is 150 Å². The molecule has 3 heterocycles. The molecule has 6 heteroatoms. The highest BCUT2D eigenvalue weighted by Crippen LogP contribution is 2.34. The molecule has 2 N–H and O–H groups in total. The molecule has 0 radical (unpaired) electrons. The number of ether oxygens (including phenoxy) is 1. The van der Waals surface area contributed by atoms with E-state index < -0.39 is 0 Å². The van der Waals surface area contributed by atoms with Gasteiger partial charge in [-0.1, -0.05) is 19.0 Å². The van der Waals surface area contributed by atoms with Crippen molar-refractivity contribution in [3.8, 4) is 0 Å². The maximum Gasteiger partial charge on any atom is 0.226 e. The third-order valence-corrected chi connectivity index (χ3v) is 5.49. The summed E-state index contributed by atoms with van der Waals surface area (Å²) in [5.74, 6) is 1.91.